The molecule has 0 bridgehead atoms. The molecule has 1 heterocycles. The lowest BCUT2D eigenvalue weighted by Crippen LogP contribution is -2.61. The monoisotopic (exact) mass is 287 g/mol. The van der Waals surface area contributed by atoms with Gasteiger partial charge in [0.1, 0.15) is 0 Å². The molecule has 1 aliphatic heterocycles. The maximum Gasteiger partial charge on any atom is 0.0427 e. The Hall–Kier alpha value is 0.230. The first kappa shape index (κ1) is 17.3. The maximum atomic E-state index is 6.23. The van der Waals surface area contributed by atoms with Crippen molar-refractivity contribution in [1.82, 2.24) is 9.80 Å². The highest BCUT2D eigenvalue weighted by Crippen LogP contribution is 2.41. The van der Waals surface area contributed by atoms with E-state index >= 15 is 0 Å². The SMILES string of the molecule is CCCN(CCN(C)C)C1(CN)CSCC(C)(C)C1. The van der Waals surface area contributed by atoms with Crippen LogP contribution in [0.15, 0.2) is 0 Å². The van der Waals surface area contributed by atoms with Crippen LogP contribution in [0.4, 0.5) is 0 Å². The van der Waals surface area contributed by atoms with E-state index in [0.717, 1.165) is 19.6 Å². The van der Waals surface area contributed by atoms with Crippen LogP contribution in [0, 0.1) is 5.41 Å². The van der Waals surface area contributed by atoms with Gasteiger partial charge in [0.15, 0.2) is 0 Å². The van der Waals surface area contributed by atoms with Crippen molar-refractivity contribution in [3.8, 4) is 0 Å². The van der Waals surface area contributed by atoms with Crippen LogP contribution in [0.2, 0.25) is 0 Å². The average molecular weight is 288 g/mol. The van der Waals surface area contributed by atoms with Crippen molar-refractivity contribution in [3.05, 3.63) is 0 Å². The van der Waals surface area contributed by atoms with Crippen LogP contribution in [0.1, 0.15) is 33.6 Å². The third-order valence-electron chi connectivity index (χ3n) is 4.03. The summed E-state index contributed by atoms with van der Waals surface area (Å²) in [6.07, 6.45) is 2.44. The number of thioether (sulfide) groups is 1. The molecular formula is C15H33N3S. The first-order valence-corrected chi connectivity index (χ1v) is 8.68. The predicted octanol–water partition coefficient (Wildman–Crippen LogP) is 2.12. The Kier molecular flexibility index (Phi) is 6.64. The van der Waals surface area contributed by atoms with Gasteiger partial charge in [-0.3, -0.25) is 4.90 Å². The van der Waals surface area contributed by atoms with Crippen molar-refractivity contribution in [2.45, 2.75) is 39.2 Å². The maximum absolute atomic E-state index is 6.23. The zero-order valence-electron chi connectivity index (χ0n) is 13.5. The van der Waals surface area contributed by atoms with Gasteiger partial charge in [-0.15, -0.1) is 0 Å². The van der Waals surface area contributed by atoms with Crippen LogP contribution in [0.3, 0.4) is 0 Å². The molecule has 0 aliphatic carbocycles. The van der Waals surface area contributed by atoms with Crippen LogP contribution in [0.5, 0.6) is 0 Å². The molecule has 0 spiro atoms. The topological polar surface area (TPSA) is 32.5 Å². The molecule has 1 atom stereocenters. The largest absolute Gasteiger partial charge is 0.329 e. The van der Waals surface area contributed by atoms with Gasteiger partial charge < -0.3 is 10.6 Å². The van der Waals surface area contributed by atoms with Gasteiger partial charge in [-0.1, -0.05) is 20.8 Å². The van der Waals surface area contributed by atoms with E-state index in [9.17, 15) is 0 Å². The molecule has 19 heavy (non-hydrogen) atoms. The van der Waals surface area contributed by atoms with Crippen LogP contribution in [0.25, 0.3) is 0 Å². The van der Waals surface area contributed by atoms with E-state index in [2.05, 4.69) is 56.4 Å². The standard InChI is InChI=1S/C15H33N3S/c1-6-7-18(9-8-17(4)5)15(11-16)10-14(2,3)12-19-13-15/h6-13,16H2,1-5H3. The van der Waals surface area contributed by atoms with Gasteiger partial charge in [0.25, 0.3) is 0 Å². The van der Waals surface area contributed by atoms with E-state index < -0.39 is 0 Å². The van der Waals surface area contributed by atoms with E-state index in [1.54, 1.807) is 0 Å². The average Bonchev–Trinajstić information content (AvgIpc) is 2.32. The number of hydrogen-bond acceptors (Lipinski definition) is 4. The summed E-state index contributed by atoms with van der Waals surface area (Å²) < 4.78 is 0. The molecule has 1 rings (SSSR count). The summed E-state index contributed by atoms with van der Waals surface area (Å²) in [7, 11) is 4.30. The van der Waals surface area contributed by atoms with Crippen molar-refractivity contribution in [2.24, 2.45) is 11.1 Å². The summed E-state index contributed by atoms with van der Waals surface area (Å²) in [4.78, 5) is 4.94. The van der Waals surface area contributed by atoms with Crippen LogP contribution >= 0.6 is 11.8 Å². The van der Waals surface area contributed by atoms with Gasteiger partial charge in [0.2, 0.25) is 0 Å². The molecule has 1 aliphatic rings. The van der Waals surface area contributed by atoms with Crippen LogP contribution < -0.4 is 5.73 Å². The Bertz CT molecular complexity index is 268. The van der Waals surface area contributed by atoms with Crippen LogP contribution in [-0.2, 0) is 0 Å². The van der Waals surface area contributed by atoms with E-state index in [1.165, 1.54) is 30.9 Å². The van der Waals surface area contributed by atoms with Gasteiger partial charge in [0.05, 0.1) is 0 Å². The fourth-order valence-corrected chi connectivity index (χ4v) is 4.69. The number of likely N-dealkylation sites (N-methyl/N-ethyl adjacent to an activating group) is 1. The van der Waals surface area contributed by atoms with Gasteiger partial charge in [-0.05, 0) is 44.6 Å². The molecular weight excluding hydrogens is 254 g/mol. The van der Waals surface area contributed by atoms with E-state index in [0.29, 0.717) is 5.41 Å². The third kappa shape index (κ3) is 4.92. The number of nitrogens with two attached hydrogens (primary N) is 1. The zero-order chi connectivity index (χ0) is 14.5. The first-order valence-electron chi connectivity index (χ1n) is 7.53. The Morgan fingerprint density at radius 1 is 1.11 bits per heavy atom. The summed E-state index contributed by atoms with van der Waals surface area (Å²) in [5, 5.41) is 0. The lowest BCUT2D eigenvalue weighted by Gasteiger charge is -2.51. The Balaban J connectivity index is 2.81. The molecule has 0 saturated carbocycles. The highest BCUT2D eigenvalue weighted by Gasteiger charge is 2.43. The highest BCUT2D eigenvalue weighted by atomic mass is 32.2. The minimum absolute atomic E-state index is 0.207. The summed E-state index contributed by atoms with van der Waals surface area (Å²) >= 11 is 2.09. The molecule has 0 radical (unpaired) electrons. The highest BCUT2D eigenvalue weighted by molar-refractivity contribution is 7.99. The number of rotatable bonds is 7. The lowest BCUT2D eigenvalue weighted by atomic mass is 9.78. The molecule has 114 valence electrons. The Labute approximate surface area is 124 Å². The van der Waals surface area contributed by atoms with E-state index in [4.69, 9.17) is 5.73 Å². The quantitative estimate of drug-likeness (QED) is 0.777. The summed E-state index contributed by atoms with van der Waals surface area (Å²) in [6, 6.07) is 0. The van der Waals surface area contributed by atoms with Gasteiger partial charge in [-0.2, -0.15) is 11.8 Å². The van der Waals surface area contributed by atoms with Crippen molar-refractivity contribution in [1.29, 1.82) is 0 Å². The number of hydrogen-bond donors (Lipinski definition) is 1. The molecule has 0 amide bonds. The fraction of sp³-hybridized carbons (Fsp3) is 1.00. The minimum Gasteiger partial charge on any atom is -0.329 e. The van der Waals surface area contributed by atoms with Crippen molar-refractivity contribution in [2.75, 3.05) is 51.8 Å². The molecule has 4 heteroatoms. The molecule has 2 N–H and O–H groups in total. The second-order valence-electron chi connectivity index (χ2n) is 7.05. The molecule has 3 nitrogen and oxygen atoms in total. The molecule has 1 unspecified atom stereocenters. The van der Waals surface area contributed by atoms with Crippen molar-refractivity contribution >= 4 is 11.8 Å². The Morgan fingerprint density at radius 2 is 1.79 bits per heavy atom. The smallest absolute Gasteiger partial charge is 0.0427 e. The zero-order valence-corrected chi connectivity index (χ0v) is 14.4. The van der Waals surface area contributed by atoms with Crippen molar-refractivity contribution in [3.63, 3.8) is 0 Å². The van der Waals surface area contributed by atoms with Crippen LogP contribution in [-0.4, -0.2) is 67.1 Å². The third-order valence-corrected chi connectivity index (χ3v) is 5.76. The second kappa shape index (κ2) is 7.30. The van der Waals surface area contributed by atoms with E-state index in [-0.39, 0.29) is 5.54 Å². The second-order valence-corrected chi connectivity index (χ2v) is 8.04. The van der Waals surface area contributed by atoms with Gasteiger partial charge in [-0.25, -0.2) is 0 Å². The summed E-state index contributed by atoms with van der Waals surface area (Å²) in [5.74, 6) is 2.46. The minimum atomic E-state index is 0.207. The number of nitrogens with zero attached hydrogens (tertiary/aromatic N) is 2. The Morgan fingerprint density at radius 3 is 2.26 bits per heavy atom. The molecule has 1 fully saturated rings. The molecule has 1 saturated heterocycles. The summed E-state index contributed by atoms with van der Waals surface area (Å²) in [5.41, 5.74) is 6.84. The first-order chi connectivity index (χ1) is 8.85. The van der Waals surface area contributed by atoms with E-state index in [1.807, 2.05) is 0 Å². The fourth-order valence-electron chi connectivity index (χ4n) is 3.15. The van der Waals surface area contributed by atoms with Gasteiger partial charge >= 0.3 is 0 Å². The van der Waals surface area contributed by atoms with Gasteiger partial charge in [0, 0.05) is 30.9 Å². The molecule has 0 aromatic rings. The summed E-state index contributed by atoms with van der Waals surface area (Å²) in [6.45, 7) is 11.3. The normalized spacial score (nSPS) is 27.2. The predicted molar refractivity (Wildman–Crippen MR) is 87.9 cm³/mol. The molecule has 0 aromatic carbocycles. The molecule has 0 aromatic heterocycles. The lowest BCUT2D eigenvalue weighted by molar-refractivity contribution is 0.0624. The van der Waals surface area contributed by atoms with Crippen molar-refractivity contribution < 1.29 is 0 Å².